The molecule has 1 N–H and O–H groups in total. The minimum atomic E-state index is -3.01. The van der Waals surface area contributed by atoms with Crippen molar-refractivity contribution in [2.75, 3.05) is 26.6 Å². The number of amides is 1. The number of esters is 2. The first-order valence-corrected chi connectivity index (χ1v) is 8.71. The Kier molecular flexibility index (Phi) is 8.07. The average molecular weight is 435 g/mol. The van der Waals surface area contributed by atoms with Gasteiger partial charge >= 0.3 is 18.6 Å². The van der Waals surface area contributed by atoms with Gasteiger partial charge in [-0.05, 0) is 42.0 Å². The van der Waals surface area contributed by atoms with Gasteiger partial charge in [-0.15, -0.1) is 0 Å². The summed E-state index contributed by atoms with van der Waals surface area (Å²) in [6.45, 7) is -3.01. The van der Waals surface area contributed by atoms with Crippen LogP contribution in [0.25, 0.3) is 6.08 Å². The summed E-state index contributed by atoms with van der Waals surface area (Å²) in [7, 11) is 3.66. The van der Waals surface area contributed by atoms with Crippen LogP contribution in [0.1, 0.15) is 26.3 Å². The summed E-state index contributed by atoms with van der Waals surface area (Å²) in [6, 6.07) is 8.09. The van der Waals surface area contributed by atoms with E-state index in [2.05, 4.69) is 19.5 Å². The van der Waals surface area contributed by atoms with Crippen molar-refractivity contribution >= 4 is 29.6 Å². The number of hydrogen-bond acceptors (Lipinski definition) is 7. The minimum Gasteiger partial charge on any atom is -0.493 e. The molecule has 0 atom stereocenters. The molecule has 0 aromatic heterocycles. The molecule has 0 aliphatic heterocycles. The van der Waals surface area contributed by atoms with Crippen LogP contribution in [0.3, 0.4) is 0 Å². The van der Waals surface area contributed by atoms with Crippen molar-refractivity contribution in [2.24, 2.45) is 0 Å². The molecule has 0 radical (unpaired) electrons. The summed E-state index contributed by atoms with van der Waals surface area (Å²) >= 11 is 0. The Labute approximate surface area is 176 Å². The quantitative estimate of drug-likeness (QED) is 0.500. The molecular formula is C21H19F2NO7. The molecule has 2 aromatic carbocycles. The molecule has 1 amide bonds. The zero-order chi connectivity index (χ0) is 23.0. The van der Waals surface area contributed by atoms with Gasteiger partial charge in [-0.1, -0.05) is 6.07 Å². The molecule has 0 bridgehead atoms. The van der Waals surface area contributed by atoms with Crippen LogP contribution in [0.5, 0.6) is 11.5 Å². The lowest BCUT2D eigenvalue weighted by Crippen LogP contribution is -2.14. The van der Waals surface area contributed by atoms with E-state index in [1.807, 2.05) is 0 Å². The molecule has 31 heavy (non-hydrogen) atoms. The Balaban J connectivity index is 2.24. The molecule has 0 saturated heterocycles. The van der Waals surface area contributed by atoms with Crippen molar-refractivity contribution in [1.29, 1.82) is 0 Å². The predicted molar refractivity (Wildman–Crippen MR) is 106 cm³/mol. The maximum absolute atomic E-state index is 12.4. The van der Waals surface area contributed by atoms with Gasteiger partial charge in [0.15, 0.2) is 11.5 Å². The van der Waals surface area contributed by atoms with Crippen molar-refractivity contribution in [3.8, 4) is 11.5 Å². The zero-order valence-corrected chi connectivity index (χ0v) is 16.8. The molecule has 164 valence electrons. The number of halogens is 2. The highest BCUT2D eigenvalue weighted by molar-refractivity contribution is 6.07. The fourth-order valence-corrected chi connectivity index (χ4v) is 2.51. The number of anilines is 1. The van der Waals surface area contributed by atoms with Gasteiger partial charge in [0.1, 0.15) is 0 Å². The van der Waals surface area contributed by atoms with E-state index in [0.717, 1.165) is 6.08 Å². The van der Waals surface area contributed by atoms with E-state index < -0.39 is 24.5 Å². The van der Waals surface area contributed by atoms with E-state index in [9.17, 15) is 23.2 Å². The van der Waals surface area contributed by atoms with Crippen molar-refractivity contribution < 1.29 is 42.1 Å². The van der Waals surface area contributed by atoms with Crippen LogP contribution in [0.4, 0.5) is 14.5 Å². The van der Waals surface area contributed by atoms with Gasteiger partial charge in [-0.25, -0.2) is 9.59 Å². The van der Waals surface area contributed by atoms with Crippen LogP contribution < -0.4 is 14.8 Å². The zero-order valence-electron chi connectivity index (χ0n) is 16.8. The number of carbonyl (C=O) groups excluding carboxylic acids is 3. The lowest BCUT2D eigenvalue weighted by molar-refractivity contribution is -0.111. The molecule has 0 aliphatic carbocycles. The Morgan fingerprint density at radius 2 is 1.65 bits per heavy atom. The number of ether oxygens (including phenoxy) is 4. The van der Waals surface area contributed by atoms with Gasteiger partial charge in [0, 0.05) is 6.08 Å². The number of rotatable bonds is 8. The molecule has 0 fully saturated rings. The molecule has 0 spiro atoms. The van der Waals surface area contributed by atoms with Gasteiger partial charge < -0.3 is 24.3 Å². The Morgan fingerprint density at radius 1 is 0.935 bits per heavy atom. The van der Waals surface area contributed by atoms with Gasteiger partial charge in [-0.2, -0.15) is 8.78 Å². The van der Waals surface area contributed by atoms with Crippen LogP contribution in [-0.2, 0) is 14.3 Å². The summed E-state index contributed by atoms with van der Waals surface area (Å²) in [5, 5.41) is 2.49. The van der Waals surface area contributed by atoms with Crippen LogP contribution in [0.15, 0.2) is 42.5 Å². The van der Waals surface area contributed by atoms with Gasteiger partial charge in [0.25, 0.3) is 0 Å². The molecule has 10 heteroatoms. The van der Waals surface area contributed by atoms with Crippen LogP contribution in [0, 0.1) is 0 Å². The molecule has 0 saturated carbocycles. The van der Waals surface area contributed by atoms with Crippen molar-refractivity contribution in [3.05, 3.63) is 59.2 Å². The average Bonchev–Trinajstić information content (AvgIpc) is 2.76. The number of alkyl halides is 2. The Hall–Kier alpha value is -3.95. The Bertz CT molecular complexity index is 1010. The topological polar surface area (TPSA) is 100 Å². The van der Waals surface area contributed by atoms with E-state index in [1.54, 1.807) is 0 Å². The lowest BCUT2D eigenvalue weighted by atomic mass is 10.1. The smallest absolute Gasteiger partial charge is 0.387 e. The second-order valence-electron chi connectivity index (χ2n) is 5.85. The maximum atomic E-state index is 12.4. The normalized spacial score (nSPS) is 10.6. The van der Waals surface area contributed by atoms with Crippen LogP contribution >= 0.6 is 0 Å². The SMILES string of the molecule is COC(=O)c1ccc(C(=O)OC)c(NC(=O)/C=C/c2ccc(OC(F)F)c(OC)c2)c1. The van der Waals surface area contributed by atoms with Gasteiger partial charge in [-0.3, -0.25) is 4.79 Å². The summed E-state index contributed by atoms with van der Waals surface area (Å²) < 4.78 is 43.5. The van der Waals surface area contributed by atoms with Crippen molar-refractivity contribution in [1.82, 2.24) is 0 Å². The molecule has 2 rings (SSSR count). The molecule has 0 heterocycles. The summed E-state index contributed by atoms with van der Waals surface area (Å²) in [6.07, 6.45) is 2.54. The highest BCUT2D eigenvalue weighted by Crippen LogP contribution is 2.30. The van der Waals surface area contributed by atoms with E-state index >= 15 is 0 Å². The minimum absolute atomic E-state index is 0.0343. The highest BCUT2D eigenvalue weighted by Gasteiger charge is 2.17. The Morgan fingerprint density at radius 3 is 2.26 bits per heavy atom. The van der Waals surface area contributed by atoms with E-state index in [1.165, 1.54) is 63.8 Å². The molecule has 8 nitrogen and oxygen atoms in total. The van der Waals surface area contributed by atoms with Gasteiger partial charge in [0.05, 0.1) is 38.1 Å². The van der Waals surface area contributed by atoms with E-state index in [4.69, 9.17) is 4.74 Å². The lowest BCUT2D eigenvalue weighted by Gasteiger charge is -2.11. The number of benzene rings is 2. The predicted octanol–water partition coefficient (Wildman–Crippen LogP) is 3.52. The first kappa shape index (κ1) is 23.3. The van der Waals surface area contributed by atoms with Crippen molar-refractivity contribution in [2.45, 2.75) is 6.61 Å². The highest BCUT2D eigenvalue weighted by atomic mass is 19.3. The summed E-state index contributed by atoms with van der Waals surface area (Å²) in [5.41, 5.74) is 0.661. The largest absolute Gasteiger partial charge is 0.493 e. The third kappa shape index (κ3) is 6.26. The van der Waals surface area contributed by atoms with E-state index in [-0.39, 0.29) is 28.3 Å². The third-order valence-electron chi connectivity index (χ3n) is 3.93. The second-order valence-corrected chi connectivity index (χ2v) is 5.85. The van der Waals surface area contributed by atoms with Gasteiger partial charge in [0.2, 0.25) is 5.91 Å². The molecule has 2 aromatic rings. The maximum Gasteiger partial charge on any atom is 0.387 e. The van der Waals surface area contributed by atoms with Crippen LogP contribution in [-0.4, -0.2) is 45.8 Å². The molecule has 0 aliphatic rings. The van der Waals surface area contributed by atoms with Crippen molar-refractivity contribution in [3.63, 3.8) is 0 Å². The first-order valence-electron chi connectivity index (χ1n) is 8.71. The monoisotopic (exact) mass is 435 g/mol. The van der Waals surface area contributed by atoms with E-state index in [0.29, 0.717) is 5.56 Å². The number of hydrogen-bond donors (Lipinski definition) is 1. The summed E-state index contributed by atoms with van der Waals surface area (Å²) in [5.74, 6) is -2.09. The second kappa shape index (κ2) is 10.7. The number of carbonyl (C=O) groups is 3. The first-order chi connectivity index (χ1) is 14.8. The molecular weight excluding hydrogens is 416 g/mol. The fourth-order valence-electron chi connectivity index (χ4n) is 2.51. The third-order valence-corrected chi connectivity index (χ3v) is 3.93. The summed E-state index contributed by atoms with van der Waals surface area (Å²) in [4.78, 5) is 36.0. The standard InChI is InChI=1S/C21H19F2NO7/c1-28-17-10-12(4-8-16(17)31-21(22)23)5-9-18(25)24-15-11-13(19(26)29-2)6-7-14(15)20(27)30-3/h4-11,21H,1-3H3,(H,24,25)/b9-5+. The fraction of sp³-hybridized carbons (Fsp3) is 0.190. The number of methoxy groups -OCH3 is 3. The van der Waals surface area contributed by atoms with Crippen LogP contribution in [0.2, 0.25) is 0 Å². The number of nitrogens with one attached hydrogen (secondary N) is 1. The molecule has 0 unspecified atom stereocenters.